The summed E-state index contributed by atoms with van der Waals surface area (Å²) in [4.78, 5) is 36.8. The number of carbonyl (C=O) groups excluding carboxylic acids is 3. The minimum absolute atomic E-state index is 0.00332. The van der Waals surface area contributed by atoms with Crippen LogP contribution in [0.15, 0.2) is 72.8 Å². The molecule has 0 spiro atoms. The largest absolute Gasteiger partial charge is 0.484 e. The summed E-state index contributed by atoms with van der Waals surface area (Å²) in [6.07, 6.45) is 1.06. The Labute approximate surface area is 192 Å². The fourth-order valence-corrected chi connectivity index (χ4v) is 3.67. The van der Waals surface area contributed by atoms with Gasteiger partial charge in [0, 0.05) is 12.1 Å². The summed E-state index contributed by atoms with van der Waals surface area (Å²) >= 11 is 0. The Morgan fingerprint density at radius 3 is 2.58 bits per heavy atom. The Kier molecular flexibility index (Phi) is 6.69. The highest BCUT2D eigenvalue weighted by Crippen LogP contribution is 2.27. The Morgan fingerprint density at radius 2 is 1.76 bits per heavy atom. The van der Waals surface area contributed by atoms with Crippen molar-refractivity contribution in [1.29, 1.82) is 0 Å². The van der Waals surface area contributed by atoms with Gasteiger partial charge in [-0.1, -0.05) is 42.5 Å². The number of amides is 3. The number of nitrogens with one attached hydrogen (secondary N) is 3. The average Bonchev–Trinajstić information content (AvgIpc) is 2.83. The molecule has 0 aliphatic carbocycles. The third kappa shape index (κ3) is 5.57. The molecule has 0 aromatic heterocycles. The molecule has 0 saturated carbocycles. The van der Waals surface area contributed by atoms with Crippen LogP contribution in [-0.2, 0) is 16.0 Å². The van der Waals surface area contributed by atoms with Gasteiger partial charge in [0.2, 0.25) is 5.91 Å². The zero-order chi connectivity index (χ0) is 23.2. The van der Waals surface area contributed by atoms with Crippen molar-refractivity contribution < 1.29 is 19.1 Å². The zero-order valence-corrected chi connectivity index (χ0v) is 18.3. The maximum absolute atomic E-state index is 12.8. The monoisotopic (exact) mass is 443 g/mol. The second kappa shape index (κ2) is 9.99. The minimum atomic E-state index is -0.377. The number of para-hydroxylation sites is 1. The summed E-state index contributed by atoms with van der Waals surface area (Å²) < 4.78 is 5.63. The lowest BCUT2D eigenvalue weighted by molar-refractivity contribution is -0.118. The van der Waals surface area contributed by atoms with Crippen molar-refractivity contribution in [2.45, 2.75) is 25.8 Å². The van der Waals surface area contributed by atoms with Gasteiger partial charge in [0.15, 0.2) is 6.61 Å². The standard InChI is InChI=1S/C26H25N3O4/c1-17(18-7-3-2-4-8-18)27-26(32)21-9-5-6-10-23(21)29-25(31)16-33-20-12-13-22-19(15-20)11-14-24(30)28-22/h2-10,12-13,15,17H,11,14,16H2,1H3,(H,27,32)(H,28,30)(H,29,31). The van der Waals surface area contributed by atoms with Gasteiger partial charge < -0.3 is 20.7 Å². The zero-order valence-electron chi connectivity index (χ0n) is 18.3. The fraction of sp³-hybridized carbons (Fsp3) is 0.192. The topological polar surface area (TPSA) is 96.5 Å². The van der Waals surface area contributed by atoms with Crippen LogP contribution in [0.2, 0.25) is 0 Å². The predicted molar refractivity (Wildman–Crippen MR) is 126 cm³/mol. The number of rotatable bonds is 7. The van der Waals surface area contributed by atoms with Crippen molar-refractivity contribution in [3.8, 4) is 5.75 Å². The van der Waals surface area contributed by atoms with Crippen molar-refractivity contribution >= 4 is 29.1 Å². The summed E-state index contributed by atoms with van der Waals surface area (Å²) in [5.41, 5.74) is 3.52. The molecule has 7 heteroatoms. The van der Waals surface area contributed by atoms with E-state index in [0.717, 1.165) is 16.8 Å². The van der Waals surface area contributed by atoms with Gasteiger partial charge in [-0.25, -0.2) is 0 Å². The van der Waals surface area contributed by atoms with Crippen LogP contribution < -0.4 is 20.7 Å². The maximum atomic E-state index is 12.8. The highest BCUT2D eigenvalue weighted by molar-refractivity contribution is 6.04. The number of hydrogen-bond acceptors (Lipinski definition) is 4. The summed E-state index contributed by atoms with van der Waals surface area (Å²) in [5.74, 6) is -0.114. The van der Waals surface area contributed by atoms with Crippen molar-refractivity contribution in [2.75, 3.05) is 17.2 Å². The third-order valence-corrected chi connectivity index (χ3v) is 5.44. The van der Waals surface area contributed by atoms with Crippen LogP contribution in [0.3, 0.4) is 0 Å². The van der Waals surface area contributed by atoms with Crippen molar-refractivity contribution in [3.05, 3.63) is 89.5 Å². The highest BCUT2D eigenvalue weighted by Gasteiger charge is 2.17. The Bertz CT molecular complexity index is 1180. The van der Waals surface area contributed by atoms with E-state index in [1.807, 2.05) is 43.3 Å². The van der Waals surface area contributed by atoms with Gasteiger partial charge in [-0.05, 0) is 54.8 Å². The van der Waals surface area contributed by atoms with E-state index >= 15 is 0 Å². The Hall–Kier alpha value is -4.13. The first-order valence-corrected chi connectivity index (χ1v) is 10.8. The van der Waals surface area contributed by atoms with E-state index < -0.39 is 0 Å². The predicted octanol–water partition coefficient (Wildman–Crippen LogP) is 4.08. The SMILES string of the molecule is CC(NC(=O)c1ccccc1NC(=O)COc1ccc2c(c1)CCC(=O)N2)c1ccccc1. The first kappa shape index (κ1) is 22.1. The van der Waals surface area contributed by atoms with Crippen LogP contribution in [0.25, 0.3) is 0 Å². The lowest BCUT2D eigenvalue weighted by Gasteiger charge is -2.18. The maximum Gasteiger partial charge on any atom is 0.262 e. The van der Waals surface area contributed by atoms with Gasteiger partial charge in [-0.3, -0.25) is 14.4 Å². The average molecular weight is 444 g/mol. The molecular weight excluding hydrogens is 418 g/mol. The van der Waals surface area contributed by atoms with Crippen molar-refractivity contribution in [3.63, 3.8) is 0 Å². The van der Waals surface area contributed by atoms with Gasteiger partial charge >= 0.3 is 0 Å². The number of ether oxygens (including phenoxy) is 1. The molecule has 1 unspecified atom stereocenters. The normalized spacial score (nSPS) is 13.3. The second-order valence-corrected chi connectivity index (χ2v) is 7.86. The quantitative estimate of drug-likeness (QED) is 0.513. The molecule has 0 bridgehead atoms. The van der Waals surface area contributed by atoms with Crippen molar-refractivity contribution in [2.24, 2.45) is 0 Å². The second-order valence-electron chi connectivity index (χ2n) is 7.86. The van der Waals surface area contributed by atoms with E-state index in [0.29, 0.717) is 29.8 Å². The van der Waals surface area contributed by atoms with Crippen LogP contribution in [0.1, 0.15) is 40.9 Å². The van der Waals surface area contributed by atoms with Gasteiger partial charge in [0.05, 0.1) is 17.3 Å². The summed E-state index contributed by atoms with van der Waals surface area (Å²) in [6, 6.07) is 21.7. The van der Waals surface area contributed by atoms with Crippen LogP contribution in [0, 0.1) is 0 Å². The van der Waals surface area contributed by atoms with E-state index in [9.17, 15) is 14.4 Å². The number of carbonyl (C=O) groups is 3. The first-order valence-electron chi connectivity index (χ1n) is 10.8. The summed E-state index contributed by atoms with van der Waals surface area (Å²) in [6.45, 7) is 1.70. The van der Waals surface area contributed by atoms with Gasteiger partial charge in [0.1, 0.15) is 5.75 Å². The Morgan fingerprint density at radius 1 is 1.00 bits per heavy atom. The molecule has 3 aromatic carbocycles. The van der Waals surface area contributed by atoms with Crippen LogP contribution >= 0.6 is 0 Å². The number of hydrogen-bond donors (Lipinski definition) is 3. The Balaban J connectivity index is 1.37. The smallest absolute Gasteiger partial charge is 0.262 e. The molecule has 168 valence electrons. The third-order valence-electron chi connectivity index (χ3n) is 5.44. The summed E-state index contributed by atoms with van der Waals surface area (Å²) in [5, 5.41) is 8.54. The molecular formula is C26H25N3O4. The summed E-state index contributed by atoms with van der Waals surface area (Å²) in [7, 11) is 0. The molecule has 1 atom stereocenters. The molecule has 0 fully saturated rings. The van der Waals surface area contributed by atoms with Crippen molar-refractivity contribution in [1.82, 2.24) is 5.32 Å². The van der Waals surface area contributed by atoms with Crippen LogP contribution in [0.4, 0.5) is 11.4 Å². The van der Waals surface area contributed by atoms with E-state index in [1.165, 1.54) is 0 Å². The van der Waals surface area contributed by atoms with Gasteiger partial charge in [0.25, 0.3) is 11.8 Å². The molecule has 1 aliphatic heterocycles. The van der Waals surface area contributed by atoms with E-state index in [2.05, 4.69) is 16.0 Å². The fourth-order valence-electron chi connectivity index (χ4n) is 3.67. The molecule has 0 radical (unpaired) electrons. The van der Waals surface area contributed by atoms with E-state index in [1.54, 1.807) is 36.4 Å². The van der Waals surface area contributed by atoms with Crippen LogP contribution in [0.5, 0.6) is 5.75 Å². The molecule has 0 saturated heterocycles. The molecule has 3 aromatic rings. The molecule has 1 aliphatic rings. The lowest BCUT2D eigenvalue weighted by atomic mass is 10.0. The molecule has 33 heavy (non-hydrogen) atoms. The van der Waals surface area contributed by atoms with Gasteiger partial charge in [-0.15, -0.1) is 0 Å². The van der Waals surface area contributed by atoms with Gasteiger partial charge in [-0.2, -0.15) is 0 Å². The molecule has 1 heterocycles. The molecule has 7 nitrogen and oxygen atoms in total. The molecule has 4 rings (SSSR count). The van der Waals surface area contributed by atoms with E-state index in [4.69, 9.17) is 4.74 Å². The minimum Gasteiger partial charge on any atom is -0.484 e. The number of fused-ring (bicyclic) bond motifs is 1. The number of anilines is 2. The highest BCUT2D eigenvalue weighted by atomic mass is 16.5. The number of benzene rings is 3. The molecule has 3 N–H and O–H groups in total. The first-order chi connectivity index (χ1) is 16.0. The molecule has 3 amide bonds. The lowest BCUT2D eigenvalue weighted by Crippen LogP contribution is -2.28. The number of aryl methyl sites for hydroxylation is 1. The van der Waals surface area contributed by atoms with E-state index in [-0.39, 0.29) is 30.4 Å². The van der Waals surface area contributed by atoms with Crippen LogP contribution in [-0.4, -0.2) is 24.3 Å².